The summed E-state index contributed by atoms with van der Waals surface area (Å²) in [5.41, 5.74) is -1.19. The van der Waals surface area contributed by atoms with E-state index in [1.54, 1.807) is 6.92 Å². The van der Waals surface area contributed by atoms with Gasteiger partial charge in [-0.05, 0) is 44.9 Å². The van der Waals surface area contributed by atoms with Gasteiger partial charge >= 0.3 is 12.0 Å². The Hall–Kier alpha value is -1.26. The zero-order valence-corrected chi connectivity index (χ0v) is 12.9. The summed E-state index contributed by atoms with van der Waals surface area (Å²) in [7, 11) is 0. The number of carboxylic acids is 1. The molecule has 1 saturated carbocycles. The minimum atomic E-state index is -1.19. The van der Waals surface area contributed by atoms with E-state index in [1.165, 1.54) is 19.8 Å². The monoisotopic (exact) mass is 284 g/mol. The molecule has 0 aromatic heterocycles. The van der Waals surface area contributed by atoms with Gasteiger partial charge in [0, 0.05) is 6.04 Å². The maximum absolute atomic E-state index is 11.9. The van der Waals surface area contributed by atoms with Crippen molar-refractivity contribution < 1.29 is 14.7 Å². The van der Waals surface area contributed by atoms with Gasteiger partial charge < -0.3 is 15.7 Å². The topological polar surface area (TPSA) is 78.4 Å². The van der Waals surface area contributed by atoms with Gasteiger partial charge in [-0.25, -0.2) is 9.59 Å². The van der Waals surface area contributed by atoms with Crippen LogP contribution in [-0.4, -0.2) is 28.7 Å². The van der Waals surface area contributed by atoms with E-state index in [9.17, 15) is 9.59 Å². The molecule has 0 aromatic carbocycles. The number of rotatable bonds is 6. The molecule has 0 saturated heterocycles. The molecule has 20 heavy (non-hydrogen) atoms. The highest BCUT2D eigenvalue weighted by Gasteiger charge is 2.33. The lowest BCUT2D eigenvalue weighted by molar-refractivity contribution is -0.143. The Morgan fingerprint density at radius 2 is 1.80 bits per heavy atom. The molecule has 116 valence electrons. The number of carbonyl (C=O) groups is 2. The van der Waals surface area contributed by atoms with Gasteiger partial charge in [0.1, 0.15) is 5.54 Å². The van der Waals surface area contributed by atoms with Crippen LogP contribution in [0.25, 0.3) is 0 Å². The van der Waals surface area contributed by atoms with E-state index in [1.807, 2.05) is 0 Å². The molecule has 1 aliphatic carbocycles. The molecule has 5 nitrogen and oxygen atoms in total. The zero-order chi connectivity index (χ0) is 15.2. The molecule has 1 aliphatic rings. The fourth-order valence-corrected chi connectivity index (χ4v) is 2.77. The lowest BCUT2D eigenvalue weighted by atomic mass is 9.83. The second kappa shape index (κ2) is 7.50. The Balaban J connectivity index is 2.38. The first-order valence-electron chi connectivity index (χ1n) is 7.73. The highest BCUT2D eigenvalue weighted by atomic mass is 16.4. The van der Waals surface area contributed by atoms with Gasteiger partial charge in [0.05, 0.1) is 0 Å². The third-order valence-corrected chi connectivity index (χ3v) is 4.45. The highest BCUT2D eigenvalue weighted by Crippen LogP contribution is 2.27. The van der Waals surface area contributed by atoms with Crippen LogP contribution in [0.3, 0.4) is 0 Å². The summed E-state index contributed by atoms with van der Waals surface area (Å²) in [6.45, 7) is 5.49. The predicted molar refractivity (Wildman–Crippen MR) is 78.7 cm³/mol. The number of urea groups is 1. The van der Waals surface area contributed by atoms with E-state index in [0.717, 1.165) is 31.6 Å². The van der Waals surface area contributed by atoms with Gasteiger partial charge in [0.25, 0.3) is 0 Å². The number of hydrogen-bond acceptors (Lipinski definition) is 2. The van der Waals surface area contributed by atoms with Crippen LogP contribution in [0, 0.1) is 5.92 Å². The van der Waals surface area contributed by atoms with Gasteiger partial charge in [-0.15, -0.1) is 0 Å². The first-order valence-corrected chi connectivity index (χ1v) is 7.73. The summed E-state index contributed by atoms with van der Waals surface area (Å²) in [6, 6.07) is -0.186. The van der Waals surface area contributed by atoms with Crippen LogP contribution in [0.4, 0.5) is 4.79 Å². The van der Waals surface area contributed by atoms with Gasteiger partial charge in [-0.3, -0.25) is 0 Å². The maximum Gasteiger partial charge on any atom is 0.329 e. The molecule has 0 bridgehead atoms. The Kier molecular flexibility index (Phi) is 6.30. The van der Waals surface area contributed by atoms with Crippen molar-refractivity contribution in [1.82, 2.24) is 10.6 Å². The highest BCUT2D eigenvalue weighted by molar-refractivity contribution is 5.85. The smallest absolute Gasteiger partial charge is 0.329 e. The van der Waals surface area contributed by atoms with Gasteiger partial charge in [0.2, 0.25) is 0 Å². The molecule has 0 aliphatic heterocycles. The van der Waals surface area contributed by atoms with E-state index in [0.29, 0.717) is 6.42 Å². The lowest BCUT2D eigenvalue weighted by Gasteiger charge is -2.31. The molecular formula is C15H28N2O3. The molecule has 0 heterocycles. The Labute approximate surface area is 121 Å². The number of carboxylic acid groups (broad SMARTS) is 1. The summed E-state index contributed by atoms with van der Waals surface area (Å²) in [5, 5.41) is 14.6. The van der Waals surface area contributed by atoms with Gasteiger partial charge in [-0.1, -0.05) is 26.7 Å². The Morgan fingerprint density at radius 1 is 1.20 bits per heavy atom. The summed E-state index contributed by atoms with van der Waals surface area (Å²) in [4.78, 5) is 23.1. The minimum Gasteiger partial charge on any atom is -0.480 e. The molecule has 0 radical (unpaired) electrons. The number of nitrogens with one attached hydrogen (secondary N) is 2. The lowest BCUT2D eigenvalue weighted by Crippen LogP contribution is -2.56. The quantitative estimate of drug-likeness (QED) is 0.701. The fourth-order valence-electron chi connectivity index (χ4n) is 2.77. The van der Waals surface area contributed by atoms with E-state index in [4.69, 9.17) is 5.11 Å². The molecule has 1 fully saturated rings. The SMILES string of the molecule is CCCC1CCC(NC(=O)NC(C)(CC)C(=O)O)CC1. The minimum absolute atomic E-state index is 0.179. The Morgan fingerprint density at radius 3 is 2.25 bits per heavy atom. The van der Waals surface area contributed by atoms with Crippen molar-refractivity contribution in [2.24, 2.45) is 5.92 Å². The van der Waals surface area contributed by atoms with E-state index < -0.39 is 11.5 Å². The molecule has 1 atom stereocenters. The largest absolute Gasteiger partial charge is 0.480 e. The van der Waals surface area contributed by atoms with Crippen LogP contribution < -0.4 is 10.6 Å². The molecule has 0 aromatic rings. The van der Waals surface area contributed by atoms with Crippen molar-refractivity contribution in [2.45, 2.75) is 77.3 Å². The summed E-state index contributed by atoms with van der Waals surface area (Å²) >= 11 is 0. The van der Waals surface area contributed by atoms with Crippen molar-refractivity contribution >= 4 is 12.0 Å². The first-order chi connectivity index (χ1) is 9.41. The van der Waals surface area contributed by atoms with Crippen molar-refractivity contribution in [3.63, 3.8) is 0 Å². The van der Waals surface area contributed by atoms with Crippen molar-refractivity contribution in [3.05, 3.63) is 0 Å². The maximum atomic E-state index is 11.9. The van der Waals surface area contributed by atoms with Crippen LogP contribution in [-0.2, 0) is 4.79 Å². The van der Waals surface area contributed by atoms with Crippen molar-refractivity contribution in [2.75, 3.05) is 0 Å². The normalized spacial score (nSPS) is 25.6. The molecule has 5 heteroatoms. The standard InChI is InChI=1S/C15H28N2O3/c1-4-6-11-7-9-12(10-8-11)16-14(20)17-15(3,5-2)13(18)19/h11-12H,4-10H2,1-3H3,(H,18,19)(H2,16,17,20). The number of amides is 2. The first kappa shape index (κ1) is 16.8. The van der Waals surface area contributed by atoms with Crippen molar-refractivity contribution in [3.8, 4) is 0 Å². The Bertz CT molecular complexity index is 338. The molecule has 0 spiro atoms. The third kappa shape index (κ3) is 4.69. The molecule has 1 rings (SSSR count). The van der Waals surface area contributed by atoms with Crippen LogP contribution in [0.5, 0.6) is 0 Å². The zero-order valence-electron chi connectivity index (χ0n) is 12.9. The van der Waals surface area contributed by atoms with Crippen molar-refractivity contribution in [1.29, 1.82) is 0 Å². The number of hydrogen-bond donors (Lipinski definition) is 3. The summed E-state index contributed by atoms with van der Waals surface area (Å²) in [6.07, 6.45) is 7.15. The predicted octanol–water partition coefficient (Wildman–Crippen LogP) is 2.90. The third-order valence-electron chi connectivity index (χ3n) is 4.45. The van der Waals surface area contributed by atoms with Crippen LogP contribution >= 0.6 is 0 Å². The van der Waals surface area contributed by atoms with Gasteiger partial charge in [0.15, 0.2) is 0 Å². The number of carbonyl (C=O) groups excluding carboxylic acids is 1. The van der Waals surface area contributed by atoms with Crippen LogP contribution in [0.2, 0.25) is 0 Å². The fraction of sp³-hybridized carbons (Fsp3) is 0.867. The average molecular weight is 284 g/mol. The number of aliphatic carboxylic acids is 1. The molecule has 1 unspecified atom stereocenters. The van der Waals surface area contributed by atoms with E-state index >= 15 is 0 Å². The van der Waals surface area contributed by atoms with Gasteiger partial charge in [-0.2, -0.15) is 0 Å². The van der Waals surface area contributed by atoms with Crippen LogP contribution in [0.15, 0.2) is 0 Å². The second-order valence-electron chi connectivity index (χ2n) is 6.10. The molecular weight excluding hydrogens is 256 g/mol. The summed E-state index contributed by atoms with van der Waals surface area (Å²) in [5.74, 6) is -0.206. The van der Waals surface area contributed by atoms with E-state index in [2.05, 4.69) is 17.6 Å². The molecule has 2 amide bonds. The van der Waals surface area contributed by atoms with E-state index in [-0.39, 0.29) is 12.1 Å². The molecule has 3 N–H and O–H groups in total. The average Bonchev–Trinajstić information content (AvgIpc) is 2.40. The van der Waals surface area contributed by atoms with Crippen LogP contribution in [0.1, 0.15) is 65.7 Å². The summed E-state index contributed by atoms with van der Waals surface area (Å²) < 4.78 is 0. The second-order valence-corrected chi connectivity index (χ2v) is 6.10.